The number of amides is 2. The lowest BCUT2D eigenvalue weighted by Crippen LogP contribution is -2.33. The summed E-state index contributed by atoms with van der Waals surface area (Å²) in [5.74, 6) is -0.0781. The zero-order valence-electron chi connectivity index (χ0n) is 21.0. The Labute approximate surface area is 223 Å². The van der Waals surface area contributed by atoms with Crippen LogP contribution in [-0.2, 0) is 0 Å². The second-order valence-electron chi connectivity index (χ2n) is 9.43. The number of carbonyl (C=O) groups is 2. The SMILES string of the molecule is CNC(=O)c1c(-c2ccc(F)cc2)oc2ccc(-c3cc(C(=O)N(c4ccccn4)C4CC4)ccc3O)cc12. The minimum atomic E-state index is -0.396. The first-order chi connectivity index (χ1) is 18.9. The van der Waals surface area contributed by atoms with Crippen LogP contribution >= 0.6 is 0 Å². The Bertz CT molecular complexity index is 1710. The van der Waals surface area contributed by atoms with E-state index in [4.69, 9.17) is 4.42 Å². The number of hydrogen-bond acceptors (Lipinski definition) is 5. The molecule has 0 aliphatic heterocycles. The zero-order chi connectivity index (χ0) is 27.1. The second-order valence-corrected chi connectivity index (χ2v) is 9.43. The third-order valence-electron chi connectivity index (χ3n) is 6.83. The van der Waals surface area contributed by atoms with Crippen LogP contribution in [0.25, 0.3) is 33.4 Å². The van der Waals surface area contributed by atoms with Gasteiger partial charge in [0.2, 0.25) is 0 Å². The van der Waals surface area contributed by atoms with E-state index in [2.05, 4.69) is 10.3 Å². The van der Waals surface area contributed by atoms with Crippen LogP contribution in [0.15, 0.2) is 89.5 Å². The van der Waals surface area contributed by atoms with Crippen molar-refractivity contribution in [3.63, 3.8) is 0 Å². The second kappa shape index (κ2) is 9.72. The highest BCUT2D eigenvalue weighted by atomic mass is 19.1. The largest absolute Gasteiger partial charge is 0.507 e. The van der Waals surface area contributed by atoms with E-state index < -0.39 is 5.82 Å². The monoisotopic (exact) mass is 521 g/mol. The van der Waals surface area contributed by atoms with Gasteiger partial charge in [-0.15, -0.1) is 0 Å². The smallest absolute Gasteiger partial charge is 0.259 e. The predicted molar refractivity (Wildman–Crippen MR) is 146 cm³/mol. The van der Waals surface area contributed by atoms with Gasteiger partial charge in [0.25, 0.3) is 11.8 Å². The molecule has 6 rings (SSSR count). The number of furan rings is 1. The highest BCUT2D eigenvalue weighted by Gasteiger charge is 2.35. The van der Waals surface area contributed by atoms with Gasteiger partial charge in [-0.25, -0.2) is 9.37 Å². The standard InChI is InChI=1S/C31H24FN3O4/c1-33-30(37)28-24-16-19(8-14-26(24)39-29(28)18-5-9-21(32)10-6-18)23-17-20(7-13-25(23)36)31(38)35(22-11-12-22)27-4-2-3-15-34-27/h2-10,13-17,22,36H,11-12H2,1H3,(H,33,37). The highest BCUT2D eigenvalue weighted by Crippen LogP contribution is 2.39. The van der Waals surface area contributed by atoms with Crippen molar-refractivity contribution in [3.8, 4) is 28.2 Å². The van der Waals surface area contributed by atoms with E-state index in [9.17, 15) is 19.1 Å². The average Bonchev–Trinajstić information content (AvgIpc) is 3.72. The van der Waals surface area contributed by atoms with Crippen LogP contribution in [0.3, 0.4) is 0 Å². The first kappa shape index (κ1) is 24.4. The molecule has 0 atom stereocenters. The summed E-state index contributed by atoms with van der Waals surface area (Å²) in [6, 6.07) is 21.2. The van der Waals surface area contributed by atoms with Crippen molar-refractivity contribution in [1.82, 2.24) is 10.3 Å². The maximum Gasteiger partial charge on any atom is 0.259 e. The van der Waals surface area contributed by atoms with Gasteiger partial charge >= 0.3 is 0 Å². The number of anilines is 1. The molecule has 8 heteroatoms. The van der Waals surface area contributed by atoms with E-state index in [1.807, 2.05) is 12.1 Å². The Kier molecular flexibility index (Phi) is 6.07. The molecule has 1 saturated carbocycles. The molecule has 39 heavy (non-hydrogen) atoms. The fraction of sp³-hybridized carbons (Fsp3) is 0.129. The van der Waals surface area contributed by atoms with Gasteiger partial charge in [-0.3, -0.25) is 14.5 Å². The molecular formula is C31H24FN3O4. The summed E-state index contributed by atoms with van der Waals surface area (Å²) >= 11 is 0. The van der Waals surface area contributed by atoms with Gasteiger partial charge in [-0.05, 0) is 85.1 Å². The number of carbonyl (C=O) groups excluding carboxylic acids is 2. The lowest BCUT2D eigenvalue weighted by Gasteiger charge is -2.22. The molecule has 5 aromatic rings. The van der Waals surface area contributed by atoms with Gasteiger partial charge in [-0.2, -0.15) is 0 Å². The molecule has 2 heterocycles. The number of nitrogens with zero attached hydrogens (tertiary/aromatic N) is 2. The summed E-state index contributed by atoms with van der Waals surface area (Å²) in [4.78, 5) is 32.6. The Hall–Kier alpha value is -4.98. The molecule has 2 N–H and O–H groups in total. The Morgan fingerprint density at radius 2 is 1.77 bits per heavy atom. The maximum absolute atomic E-state index is 13.6. The molecule has 2 amide bonds. The third-order valence-corrected chi connectivity index (χ3v) is 6.83. The fourth-order valence-corrected chi connectivity index (χ4v) is 4.75. The van der Waals surface area contributed by atoms with Crippen LogP contribution < -0.4 is 10.2 Å². The first-order valence-corrected chi connectivity index (χ1v) is 12.6. The first-order valence-electron chi connectivity index (χ1n) is 12.6. The van der Waals surface area contributed by atoms with Crippen molar-refractivity contribution in [3.05, 3.63) is 102 Å². The van der Waals surface area contributed by atoms with Crippen LogP contribution in [0.1, 0.15) is 33.6 Å². The lowest BCUT2D eigenvalue weighted by atomic mass is 9.98. The molecule has 0 radical (unpaired) electrons. The topological polar surface area (TPSA) is 95.7 Å². The Morgan fingerprint density at radius 1 is 1.00 bits per heavy atom. The number of aromatic nitrogens is 1. The zero-order valence-corrected chi connectivity index (χ0v) is 21.0. The number of rotatable bonds is 6. The van der Waals surface area contributed by atoms with Crippen molar-refractivity contribution >= 4 is 28.6 Å². The molecule has 0 unspecified atom stereocenters. The van der Waals surface area contributed by atoms with Crippen molar-refractivity contribution in [2.24, 2.45) is 0 Å². The summed E-state index contributed by atoms with van der Waals surface area (Å²) in [6.07, 6.45) is 3.47. The summed E-state index contributed by atoms with van der Waals surface area (Å²) < 4.78 is 19.6. The summed E-state index contributed by atoms with van der Waals surface area (Å²) in [5, 5.41) is 13.9. The molecule has 1 aliphatic rings. The lowest BCUT2D eigenvalue weighted by molar-refractivity contribution is 0.0962. The number of halogens is 1. The van der Waals surface area contributed by atoms with Crippen LogP contribution in [-0.4, -0.2) is 35.0 Å². The Morgan fingerprint density at radius 3 is 2.46 bits per heavy atom. The molecule has 7 nitrogen and oxygen atoms in total. The molecule has 1 aliphatic carbocycles. The van der Waals surface area contributed by atoms with Crippen LogP contribution in [0, 0.1) is 5.82 Å². The summed E-state index contributed by atoms with van der Waals surface area (Å²) in [5.41, 5.74) is 2.75. The minimum absolute atomic E-state index is 0.00884. The molecule has 3 aromatic carbocycles. The Balaban J connectivity index is 1.44. The number of fused-ring (bicyclic) bond motifs is 1. The number of phenolic OH excluding ortho intramolecular Hbond substituents is 1. The van der Waals surface area contributed by atoms with E-state index in [1.165, 1.54) is 25.2 Å². The number of aromatic hydroxyl groups is 1. The van der Waals surface area contributed by atoms with Gasteiger partial charge in [0.15, 0.2) is 0 Å². The molecular weight excluding hydrogens is 497 g/mol. The van der Waals surface area contributed by atoms with Gasteiger partial charge in [0.1, 0.15) is 28.7 Å². The number of benzene rings is 3. The molecule has 194 valence electrons. The van der Waals surface area contributed by atoms with Crippen LogP contribution in [0.2, 0.25) is 0 Å². The van der Waals surface area contributed by atoms with Gasteiger partial charge in [0, 0.05) is 41.4 Å². The molecule has 0 spiro atoms. The van der Waals surface area contributed by atoms with Gasteiger partial charge in [0.05, 0.1) is 5.56 Å². The quantitative estimate of drug-likeness (QED) is 0.278. The third kappa shape index (κ3) is 4.50. The predicted octanol–water partition coefficient (Wildman–Crippen LogP) is 6.18. The van der Waals surface area contributed by atoms with Gasteiger partial charge < -0.3 is 14.8 Å². The fourth-order valence-electron chi connectivity index (χ4n) is 4.75. The number of hydrogen-bond donors (Lipinski definition) is 2. The van der Waals surface area contributed by atoms with E-state index in [-0.39, 0.29) is 23.6 Å². The van der Waals surface area contributed by atoms with E-state index in [1.54, 1.807) is 59.6 Å². The molecule has 0 saturated heterocycles. The molecule has 1 fully saturated rings. The van der Waals surface area contributed by atoms with Crippen LogP contribution in [0.5, 0.6) is 5.75 Å². The van der Waals surface area contributed by atoms with Gasteiger partial charge in [-0.1, -0.05) is 12.1 Å². The van der Waals surface area contributed by atoms with E-state index >= 15 is 0 Å². The van der Waals surface area contributed by atoms with Crippen molar-refractivity contribution < 1.29 is 23.5 Å². The van der Waals surface area contributed by atoms with E-state index in [0.717, 1.165) is 12.8 Å². The molecule has 2 aromatic heterocycles. The number of phenols is 1. The summed E-state index contributed by atoms with van der Waals surface area (Å²) in [7, 11) is 1.52. The summed E-state index contributed by atoms with van der Waals surface area (Å²) in [6.45, 7) is 0. The number of pyridine rings is 1. The number of nitrogens with one attached hydrogen (secondary N) is 1. The molecule has 0 bridgehead atoms. The van der Waals surface area contributed by atoms with Crippen molar-refractivity contribution in [2.75, 3.05) is 11.9 Å². The minimum Gasteiger partial charge on any atom is -0.507 e. The average molecular weight is 522 g/mol. The van der Waals surface area contributed by atoms with Crippen LogP contribution in [0.4, 0.5) is 10.2 Å². The maximum atomic E-state index is 13.6. The highest BCUT2D eigenvalue weighted by molar-refractivity contribution is 6.12. The van der Waals surface area contributed by atoms with Crippen molar-refractivity contribution in [2.45, 2.75) is 18.9 Å². The van der Waals surface area contributed by atoms with Crippen molar-refractivity contribution in [1.29, 1.82) is 0 Å². The normalized spacial score (nSPS) is 12.9. The van der Waals surface area contributed by atoms with E-state index in [0.29, 0.717) is 50.4 Å².